The summed E-state index contributed by atoms with van der Waals surface area (Å²) in [5, 5.41) is 8.99. The van der Waals surface area contributed by atoms with E-state index in [4.69, 9.17) is 5.11 Å². The fraction of sp³-hybridized carbons (Fsp3) is 1.00. The van der Waals surface area contributed by atoms with Gasteiger partial charge in [0.05, 0.1) is 6.10 Å². The van der Waals surface area contributed by atoms with Gasteiger partial charge in [0.25, 0.3) is 0 Å². The molecule has 0 aliphatic carbocycles. The lowest BCUT2D eigenvalue weighted by molar-refractivity contribution is 0.185. The Bertz CT molecular complexity index is 37.3. The molecule has 0 aromatic heterocycles. The van der Waals surface area contributed by atoms with E-state index in [2.05, 4.69) is 12.6 Å². The van der Waals surface area contributed by atoms with Gasteiger partial charge in [-0.05, 0) is 13.3 Å². The van der Waals surface area contributed by atoms with Gasteiger partial charge in [0.15, 0.2) is 0 Å². The van der Waals surface area contributed by atoms with E-state index in [0.717, 1.165) is 6.42 Å². The first-order valence-electron chi connectivity index (χ1n) is 2.49. The van der Waals surface area contributed by atoms with Crippen molar-refractivity contribution in [1.82, 2.24) is 0 Å². The van der Waals surface area contributed by atoms with E-state index in [0.29, 0.717) is 5.25 Å². The minimum absolute atomic E-state index is 0.201. The van der Waals surface area contributed by atoms with Crippen LogP contribution in [0.1, 0.15) is 20.3 Å². The molecule has 0 saturated heterocycles. The first-order chi connectivity index (χ1) is 3.13. The Morgan fingerprint density at radius 3 is 2.00 bits per heavy atom. The molecule has 0 rings (SSSR count). The number of hydrogen-bond acceptors (Lipinski definition) is 2. The summed E-state index contributed by atoms with van der Waals surface area (Å²) in [6, 6.07) is 0. The Morgan fingerprint density at radius 1 is 1.57 bits per heavy atom. The van der Waals surface area contributed by atoms with Gasteiger partial charge in [0.1, 0.15) is 0 Å². The molecule has 0 saturated carbocycles. The van der Waals surface area contributed by atoms with Crippen molar-refractivity contribution < 1.29 is 5.11 Å². The Balaban J connectivity index is 2.95. The van der Waals surface area contributed by atoms with Crippen molar-refractivity contribution in [2.24, 2.45) is 0 Å². The minimum atomic E-state index is -0.201. The van der Waals surface area contributed by atoms with Crippen molar-refractivity contribution >= 4 is 12.6 Å². The number of aliphatic hydroxyl groups is 1. The van der Waals surface area contributed by atoms with Crippen molar-refractivity contribution in [2.75, 3.05) is 0 Å². The fourth-order valence-electron chi connectivity index (χ4n) is 0.494. The topological polar surface area (TPSA) is 20.2 Å². The van der Waals surface area contributed by atoms with Crippen LogP contribution in [0.5, 0.6) is 0 Å². The molecule has 0 aliphatic heterocycles. The second kappa shape index (κ2) is 3.33. The summed E-state index contributed by atoms with van der Waals surface area (Å²) >= 11 is 4.08. The van der Waals surface area contributed by atoms with Crippen LogP contribution in [0.15, 0.2) is 0 Å². The van der Waals surface area contributed by atoms with Crippen LogP contribution >= 0.6 is 12.6 Å². The maximum absolute atomic E-state index is 8.67. The quantitative estimate of drug-likeness (QED) is 0.522. The molecule has 0 heterocycles. The summed E-state index contributed by atoms with van der Waals surface area (Å²) in [5.41, 5.74) is 0. The summed E-state index contributed by atoms with van der Waals surface area (Å²) in [7, 11) is 0. The highest BCUT2D eigenvalue weighted by atomic mass is 32.1. The average molecular weight is 120 g/mol. The zero-order valence-electron chi connectivity index (χ0n) is 4.76. The van der Waals surface area contributed by atoms with E-state index >= 15 is 0 Å². The highest BCUT2D eigenvalue weighted by molar-refractivity contribution is 7.80. The van der Waals surface area contributed by atoms with Gasteiger partial charge in [-0.25, -0.2) is 0 Å². The van der Waals surface area contributed by atoms with Gasteiger partial charge >= 0.3 is 0 Å². The van der Waals surface area contributed by atoms with E-state index in [1.54, 1.807) is 6.92 Å². The molecule has 1 nitrogen and oxygen atoms in total. The summed E-state index contributed by atoms with van der Waals surface area (Å²) in [5.74, 6) is 0. The Hall–Kier alpha value is 0.310. The van der Waals surface area contributed by atoms with Crippen LogP contribution in [0.3, 0.4) is 0 Å². The molecule has 1 N–H and O–H groups in total. The van der Waals surface area contributed by atoms with Gasteiger partial charge < -0.3 is 5.11 Å². The fourth-order valence-corrected chi connectivity index (χ4v) is 0.799. The SMILES string of the molecule is C[C@H](O)C[C@@H](C)S. The Labute approximate surface area is 50.1 Å². The van der Waals surface area contributed by atoms with Gasteiger partial charge in [-0.2, -0.15) is 12.6 Å². The van der Waals surface area contributed by atoms with Crippen LogP contribution in [0, 0.1) is 0 Å². The van der Waals surface area contributed by atoms with Crippen molar-refractivity contribution in [1.29, 1.82) is 0 Å². The third-order valence-electron chi connectivity index (χ3n) is 0.682. The number of thiol groups is 1. The summed E-state index contributed by atoms with van der Waals surface area (Å²) in [6.07, 6.45) is 0.579. The van der Waals surface area contributed by atoms with Gasteiger partial charge in [0, 0.05) is 5.25 Å². The maximum Gasteiger partial charge on any atom is 0.0522 e. The first kappa shape index (κ1) is 7.31. The zero-order chi connectivity index (χ0) is 5.86. The molecule has 0 spiro atoms. The smallest absolute Gasteiger partial charge is 0.0522 e. The molecule has 0 radical (unpaired) electrons. The van der Waals surface area contributed by atoms with E-state index < -0.39 is 0 Å². The molecule has 44 valence electrons. The van der Waals surface area contributed by atoms with Crippen LogP contribution in [0.2, 0.25) is 0 Å². The van der Waals surface area contributed by atoms with Crippen molar-refractivity contribution in [3.63, 3.8) is 0 Å². The zero-order valence-corrected chi connectivity index (χ0v) is 5.65. The number of hydrogen-bond donors (Lipinski definition) is 2. The molecule has 0 aromatic rings. The predicted octanol–water partition coefficient (Wildman–Crippen LogP) is 1.08. The largest absolute Gasteiger partial charge is 0.393 e. The van der Waals surface area contributed by atoms with Gasteiger partial charge in [-0.1, -0.05) is 6.92 Å². The summed E-state index contributed by atoms with van der Waals surface area (Å²) in [6.45, 7) is 3.74. The third-order valence-corrected chi connectivity index (χ3v) is 0.893. The van der Waals surface area contributed by atoms with Crippen LogP contribution in [-0.4, -0.2) is 16.5 Å². The predicted molar refractivity (Wildman–Crippen MR) is 34.7 cm³/mol. The minimum Gasteiger partial charge on any atom is -0.393 e. The molecule has 0 aromatic carbocycles. The molecule has 0 fully saturated rings. The van der Waals surface area contributed by atoms with Crippen molar-refractivity contribution in [3.05, 3.63) is 0 Å². The lowest BCUT2D eigenvalue weighted by Gasteiger charge is -2.04. The average Bonchev–Trinajstić information content (AvgIpc) is 1.27. The number of aliphatic hydroxyl groups excluding tert-OH is 1. The second-order valence-electron chi connectivity index (χ2n) is 1.93. The normalized spacial score (nSPS) is 18.9. The first-order valence-corrected chi connectivity index (χ1v) is 3.00. The molecule has 0 amide bonds. The lowest BCUT2D eigenvalue weighted by atomic mass is 10.2. The van der Waals surface area contributed by atoms with Crippen LogP contribution in [0.4, 0.5) is 0 Å². The van der Waals surface area contributed by atoms with E-state index in [1.807, 2.05) is 6.92 Å². The van der Waals surface area contributed by atoms with E-state index in [-0.39, 0.29) is 6.10 Å². The Morgan fingerprint density at radius 2 is 2.00 bits per heavy atom. The van der Waals surface area contributed by atoms with Gasteiger partial charge in [0.2, 0.25) is 0 Å². The highest BCUT2D eigenvalue weighted by Crippen LogP contribution is 2.01. The van der Waals surface area contributed by atoms with Crippen LogP contribution in [-0.2, 0) is 0 Å². The molecule has 0 bridgehead atoms. The standard InChI is InChI=1S/C5H12OS/c1-4(6)3-5(2)7/h4-7H,3H2,1-2H3/t4-,5+/m0/s1. The summed E-state index contributed by atoms with van der Waals surface area (Å²) in [4.78, 5) is 0. The maximum atomic E-state index is 8.67. The van der Waals surface area contributed by atoms with Gasteiger partial charge in [-0.15, -0.1) is 0 Å². The van der Waals surface area contributed by atoms with Crippen LogP contribution in [0.25, 0.3) is 0 Å². The Kier molecular flexibility index (Phi) is 3.48. The number of rotatable bonds is 2. The van der Waals surface area contributed by atoms with E-state index in [9.17, 15) is 0 Å². The molecule has 7 heavy (non-hydrogen) atoms. The molecule has 0 unspecified atom stereocenters. The summed E-state index contributed by atoms with van der Waals surface area (Å²) < 4.78 is 0. The molecule has 0 aliphatic rings. The monoisotopic (exact) mass is 120 g/mol. The molecular weight excluding hydrogens is 108 g/mol. The van der Waals surface area contributed by atoms with Crippen molar-refractivity contribution in [2.45, 2.75) is 31.6 Å². The molecule has 2 atom stereocenters. The highest BCUT2D eigenvalue weighted by Gasteiger charge is 1.98. The third kappa shape index (κ3) is 6.31. The van der Waals surface area contributed by atoms with E-state index in [1.165, 1.54) is 0 Å². The van der Waals surface area contributed by atoms with Crippen molar-refractivity contribution in [3.8, 4) is 0 Å². The molecule has 2 heteroatoms. The molecular formula is C5H12OS. The second-order valence-corrected chi connectivity index (χ2v) is 2.82. The van der Waals surface area contributed by atoms with Gasteiger partial charge in [-0.3, -0.25) is 0 Å². The lowest BCUT2D eigenvalue weighted by Crippen LogP contribution is -2.05. The van der Waals surface area contributed by atoms with Crippen LogP contribution < -0.4 is 0 Å².